The molecule has 5 rings (SSSR count). The maximum atomic E-state index is 4.93. The Bertz CT molecular complexity index is 900. The van der Waals surface area contributed by atoms with Gasteiger partial charge in [0.2, 0.25) is 0 Å². The molecule has 2 aromatic rings. The number of benzene rings is 1. The van der Waals surface area contributed by atoms with Crippen LogP contribution in [-0.4, -0.2) is 32.1 Å². The predicted octanol–water partition coefficient (Wildman–Crippen LogP) is 4.58. The molecule has 5 heteroatoms. The van der Waals surface area contributed by atoms with Gasteiger partial charge in [-0.15, -0.1) is 0 Å². The van der Waals surface area contributed by atoms with Crippen LogP contribution in [0.25, 0.3) is 0 Å². The molecule has 0 N–H and O–H groups in total. The summed E-state index contributed by atoms with van der Waals surface area (Å²) < 4.78 is 9.22. The molecule has 1 saturated heterocycles. The number of fused-ring (bicyclic) bond motifs is 3. The SMILES string of the molecule is CC1=CN=C(N2CC3CC2CCC3(C)c2ccccc2)c2nsnc2CC1. The van der Waals surface area contributed by atoms with Crippen LogP contribution in [0, 0.1) is 5.92 Å². The third-order valence-electron chi connectivity index (χ3n) is 6.95. The molecule has 140 valence electrons. The molecule has 27 heavy (non-hydrogen) atoms. The van der Waals surface area contributed by atoms with Gasteiger partial charge < -0.3 is 4.90 Å². The van der Waals surface area contributed by atoms with Crippen molar-refractivity contribution in [1.82, 2.24) is 13.6 Å². The Morgan fingerprint density at radius 1 is 1.15 bits per heavy atom. The van der Waals surface area contributed by atoms with Crippen LogP contribution in [0.15, 0.2) is 47.1 Å². The summed E-state index contributed by atoms with van der Waals surface area (Å²) >= 11 is 1.33. The van der Waals surface area contributed by atoms with Gasteiger partial charge in [0.15, 0.2) is 5.84 Å². The van der Waals surface area contributed by atoms with Crippen molar-refractivity contribution in [1.29, 1.82) is 0 Å². The minimum absolute atomic E-state index is 0.254. The summed E-state index contributed by atoms with van der Waals surface area (Å²) in [7, 11) is 0. The number of aliphatic imine (C=N–C) groups is 1. The monoisotopic (exact) mass is 378 g/mol. The summed E-state index contributed by atoms with van der Waals surface area (Å²) in [6.07, 6.45) is 7.75. The number of hydrogen-bond acceptors (Lipinski definition) is 5. The van der Waals surface area contributed by atoms with E-state index in [1.165, 1.54) is 42.1 Å². The molecule has 1 saturated carbocycles. The van der Waals surface area contributed by atoms with Gasteiger partial charge in [-0.3, -0.25) is 0 Å². The Balaban J connectivity index is 1.50. The highest BCUT2D eigenvalue weighted by atomic mass is 32.1. The van der Waals surface area contributed by atoms with Crippen molar-refractivity contribution in [3.05, 3.63) is 59.1 Å². The summed E-state index contributed by atoms with van der Waals surface area (Å²) in [5.74, 6) is 1.72. The Kier molecular flexibility index (Phi) is 4.15. The molecule has 0 radical (unpaired) electrons. The molecule has 3 heterocycles. The number of hydrogen-bond donors (Lipinski definition) is 0. The first-order valence-corrected chi connectivity index (χ1v) is 10.8. The van der Waals surface area contributed by atoms with Crippen LogP contribution in [0.2, 0.25) is 0 Å². The summed E-state index contributed by atoms with van der Waals surface area (Å²) in [6, 6.07) is 11.7. The topological polar surface area (TPSA) is 41.4 Å². The standard InChI is InChI=1S/C22H26N4S/c1-15-8-9-19-20(25-27-24-19)21(23-13-15)26-14-17-12-18(26)10-11-22(17,2)16-6-4-3-5-7-16/h3-7,13,17-18H,8-12,14H2,1-2H3. The molecule has 1 aromatic heterocycles. The summed E-state index contributed by atoms with van der Waals surface area (Å²) in [5.41, 5.74) is 5.21. The number of likely N-dealkylation sites (tertiary alicyclic amines) is 1. The van der Waals surface area contributed by atoms with Gasteiger partial charge in [0.25, 0.3) is 0 Å². The number of aryl methyl sites for hydroxylation is 1. The van der Waals surface area contributed by atoms with Gasteiger partial charge in [-0.05, 0) is 55.9 Å². The molecule has 3 unspecified atom stereocenters. The first-order valence-electron chi connectivity index (χ1n) is 10.0. The predicted molar refractivity (Wildman–Crippen MR) is 110 cm³/mol. The maximum Gasteiger partial charge on any atom is 0.157 e. The van der Waals surface area contributed by atoms with Crippen LogP contribution < -0.4 is 0 Å². The molecule has 2 fully saturated rings. The van der Waals surface area contributed by atoms with Crippen molar-refractivity contribution in [2.24, 2.45) is 10.9 Å². The Hall–Kier alpha value is -2.01. The fraction of sp³-hybridized carbons (Fsp3) is 0.500. The van der Waals surface area contributed by atoms with E-state index in [-0.39, 0.29) is 5.41 Å². The van der Waals surface area contributed by atoms with Gasteiger partial charge >= 0.3 is 0 Å². The van der Waals surface area contributed by atoms with E-state index in [4.69, 9.17) is 4.99 Å². The van der Waals surface area contributed by atoms with Gasteiger partial charge in [-0.2, -0.15) is 8.75 Å². The van der Waals surface area contributed by atoms with Gasteiger partial charge in [0, 0.05) is 18.8 Å². The van der Waals surface area contributed by atoms with E-state index in [1.807, 2.05) is 0 Å². The Labute approximate surface area is 165 Å². The summed E-state index contributed by atoms with van der Waals surface area (Å²) in [6.45, 7) is 5.70. The molecular weight excluding hydrogens is 352 g/mol. The van der Waals surface area contributed by atoms with Crippen molar-refractivity contribution in [3.63, 3.8) is 0 Å². The third kappa shape index (κ3) is 2.83. The van der Waals surface area contributed by atoms with E-state index < -0.39 is 0 Å². The minimum atomic E-state index is 0.254. The van der Waals surface area contributed by atoms with E-state index in [0.717, 1.165) is 36.6 Å². The molecule has 3 atom stereocenters. The van der Waals surface area contributed by atoms with E-state index in [9.17, 15) is 0 Å². The number of allylic oxidation sites excluding steroid dienone is 1. The zero-order valence-corrected chi connectivity index (χ0v) is 16.9. The largest absolute Gasteiger partial charge is 0.351 e. The maximum absolute atomic E-state index is 4.93. The van der Waals surface area contributed by atoms with Gasteiger partial charge in [-0.25, -0.2) is 4.99 Å². The minimum Gasteiger partial charge on any atom is -0.351 e. The van der Waals surface area contributed by atoms with Crippen LogP contribution in [0.5, 0.6) is 0 Å². The fourth-order valence-electron chi connectivity index (χ4n) is 5.14. The number of aromatic nitrogens is 2. The lowest BCUT2D eigenvalue weighted by atomic mass is 9.64. The lowest BCUT2D eigenvalue weighted by molar-refractivity contribution is 0.239. The molecule has 1 aromatic carbocycles. The highest BCUT2D eigenvalue weighted by Gasteiger charge is 2.49. The number of rotatable bonds is 1. The first-order chi connectivity index (χ1) is 13.1. The van der Waals surface area contributed by atoms with Crippen molar-refractivity contribution in [3.8, 4) is 0 Å². The molecule has 3 aliphatic rings. The molecule has 2 bridgehead atoms. The van der Waals surface area contributed by atoms with E-state index in [0.29, 0.717) is 12.0 Å². The Morgan fingerprint density at radius 3 is 2.85 bits per heavy atom. The molecule has 2 aliphatic heterocycles. The molecule has 0 amide bonds. The van der Waals surface area contributed by atoms with Crippen molar-refractivity contribution in [2.45, 2.75) is 57.4 Å². The summed E-state index contributed by atoms with van der Waals surface area (Å²) in [4.78, 5) is 7.48. The zero-order chi connectivity index (χ0) is 18.4. The van der Waals surface area contributed by atoms with Crippen LogP contribution >= 0.6 is 11.7 Å². The second-order valence-electron chi connectivity index (χ2n) is 8.55. The molecule has 0 spiro atoms. The van der Waals surface area contributed by atoms with E-state index in [1.54, 1.807) is 0 Å². The Morgan fingerprint density at radius 2 is 2.00 bits per heavy atom. The average molecular weight is 379 g/mol. The molecule has 1 aliphatic carbocycles. The van der Waals surface area contributed by atoms with Crippen molar-refractivity contribution >= 4 is 17.6 Å². The average Bonchev–Trinajstić information content (AvgIpc) is 3.29. The van der Waals surface area contributed by atoms with Gasteiger partial charge in [0.1, 0.15) is 5.69 Å². The quantitative estimate of drug-likeness (QED) is 0.729. The van der Waals surface area contributed by atoms with Gasteiger partial charge in [-0.1, -0.05) is 42.8 Å². The molecule has 4 nitrogen and oxygen atoms in total. The first kappa shape index (κ1) is 17.1. The number of nitrogens with zero attached hydrogens (tertiary/aromatic N) is 4. The smallest absolute Gasteiger partial charge is 0.157 e. The lowest BCUT2D eigenvalue weighted by Crippen LogP contribution is -2.37. The zero-order valence-electron chi connectivity index (χ0n) is 16.1. The normalized spacial score (nSPS) is 30.2. The van der Waals surface area contributed by atoms with Crippen LogP contribution in [0.4, 0.5) is 0 Å². The fourth-order valence-corrected chi connectivity index (χ4v) is 5.73. The lowest BCUT2D eigenvalue weighted by Gasteiger charge is -2.39. The second-order valence-corrected chi connectivity index (χ2v) is 9.08. The highest BCUT2D eigenvalue weighted by molar-refractivity contribution is 6.99. The number of amidine groups is 1. The second kappa shape index (κ2) is 6.55. The van der Waals surface area contributed by atoms with Crippen molar-refractivity contribution in [2.75, 3.05) is 6.54 Å². The van der Waals surface area contributed by atoms with Crippen molar-refractivity contribution < 1.29 is 0 Å². The van der Waals surface area contributed by atoms with E-state index >= 15 is 0 Å². The van der Waals surface area contributed by atoms with Crippen LogP contribution in [0.3, 0.4) is 0 Å². The molecular formula is C22H26N4S. The third-order valence-corrected chi connectivity index (χ3v) is 7.52. The highest BCUT2D eigenvalue weighted by Crippen LogP contribution is 2.49. The van der Waals surface area contributed by atoms with Crippen LogP contribution in [0.1, 0.15) is 56.5 Å². The van der Waals surface area contributed by atoms with Gasteiger partial charge in [0.05, 0.1) is 17.4 Å². The van der Waals surface area contributed by atoms with Crippen LogP contribution in [-0.2, 0) is 11.8 Å². The summed E-state index contributed by atoms with van der Waals surface area (Å²) in [5, 5.41) is 0. The van der Waals surface area contributed by atoms with E-state index in [2.05, 4.69) is 64.0 Å².